The van der Waals surface area contributed by atoms with Gasteiger partial charge < -0.3 is 14.5 Å². The normalized spacial score (nSPS) is 14.8. The van der Waals surface area contributed by atoms with E-state index in [0.717, 1.165) is 17.5 Å². The van der Waals surface area contributed by atoms with Gasteiger partial charge in [0.05, 0.1) is 6.04 Å². The molecule has 8 heteroatoms. The van der Waals surface area contributed by atoms with Crippen LogP contribution in [-0.4, -0.2) is 47.9 Å². The van der Waals surface area contributed by atoms with E-state index in [-0.39, 0.29) is 30.9 Å². The van der Waals surface area contributed by atoms with Crippen LogP contribution in [0.2, 0.25) is 10.0 Å². The summed E-state index contributed by atoms with van der Waals surface area (Å²) in [4.78, 5) is 31.2. The van der Waals surface area contributed by atoms with Crippen LogP contribution in [0.3, 0.4) is 0 Å². The zero-order valence-corrected chi connectivity index (χ0v) is 21.7. The van der Waals surface area contributed by atoms with Crippen LogP contribution in [0.25, 0.3) is 0 Å². The predicted molar refractivity (Wildman–Crippen MR) is 142 cm³/mol. The lowest BCUT2D eigenvalue weighted by atomic mass is 10.0. The summed E-state index contributed by atoms with van der Waals surface area (Å²) in [6.45, 7) is 6.74. The van der Waals surface area contributed by atoms with Crippen LogP contribution in [0.1, 0.15) is 32.4 Å². The van der Waals surface area contributed by atoms with Crippen molar-refractivity contribution in [2.24, 2.45) is 0 Å². The number of rotatable bonds is 8. The molecule has 1 atom stereocenters. The number of fused-ring (bicyclic) bond motifs is 1. The second-order valence-electron chi connectivity index (χ2n) is 8.36. The quantitative estimate of drug-likeness (QED) is 0.327. The maximum atomic E-state index is 13.5. The first-order valence-corrected chi connectivity index (χ1v) is 12.9. The van der Waals surface area contributed by atoms with Crippen molar-refractivity contribution < 1.29 is 14.3 Å². The Hall–Kier alpha value is -2.80. The molecular weight excluding hydrogens is 503 g/mol. The van der Waals surface area contributed by atoms with E-state index in [4.69, 9.17) is 27.9 Å². The molecule has 35 heavy (non-hydrogen) atoms. The van der Waals surface area contributed by atoms with Gasteiger partial charge in [-0.3, -0.25) is 9.59 Å². The van der Waals surface area contributed by atoms with E-state index < -0.39 is 0 Å². The highest BCUT2D eigenvalue weighted by Gasteiger charge is 2.33. The number of ether oxygens (including phenoxy) is 1. The highest BCUT2D eigenvalue weighted by atomic mass is 35.5. The molecule has 0 unspecified atom stereocenters. The largest absolute Gasteiger partial charge is 0.491 e. The maximum Gasteiger partial charge on any atom is 0.254 e. The Balaban J connectivity index is 1.53. The number of hydrogen-bond donors (Lipinski definition) is 0. The third-order valence-corrected chi connectivity index (χ3v) is 7.64. The lowest BCUT2D eigenvalue weighted by Gasteiger charge is -2.37. The Bertz CT molecular complexity index is 1240. The molecule has 2 heterocycles. The molecular formula is C27H26Cl2N2O3S. The molecule has 0 spiro atoms. The van der Waals surface area contributed by atoms with Crippen molar-refractivity contribution >= 4 is 46.4 Å². The Kier molecular flexibility index (Phi) is 8.16. The summed E-state index contributed by atoms with van der Waals surface area (Å²) in [6.07, 6.45) is 2.39. The van der Waals surface area contributed by atoms with Gasteiger partial charge in [0.2, 0.25) is 5.91 Å². The zero-order valence-electron chi connectivity index (χ0n) is 19.4. The topological polar surface area (TPSA) is 49.9 Å². The van der Waals surface area contributed by atoms with Gasteiger partial charge in [0.1, 0.15) is 18.9 Å². The number of aryl methyl sites for hydroxylation is 1. The minimum absolute atomic E-state index is 0.0621. The van der Waals surface area contributed by atoms with Gasteiger partial charge in [-0.2, -0.15) is 0 Å². The van der Waals surface area contributed by atoms with Crippen molar-refractivity contribution in [3.8, 4) is 5.75 Å². The first kappa shape index (κ1) is 25.3. The van der Waals surface area contributed by atoms with Gasteiger partial charge in [0.25, 0.3) is 5.91 Å². The molecule has 2 amide bonds. The molecule has 0 bridgehead atoms. The van der Waals surface area contributed by atoms with Crippen LogP contribution in [-0.2, 0) is 11.2 Å². The van der Waals surface area contributed by atoms with Gasteiger partial charge in [-0.15, -0.1) is 17.9 Å². The Morgan fingerprint density at radius 2 is 2.06 bits per heavy atom. The zero-order chi connectivity index (χ0) is 24.9. The number of hydrogen-bond acceptors (Lipinski definition) is 4. The molecule has 5 nitrogen and oxygen atoms in total. The summed E-state index contributed by atoms with van der Waals surface area (Å²) in [5.74, 6) is 0.296. The molecule has 0 N–H and O–H groups in total. The first-order valence-electron chi connectivity index (χ1n) is 11.3. The molecule has 182 valence electrons. The van der Waals surface area contributed by atoms with Crippen molar-refractivity contribution in [2.75, 3.05) is 26.2 Å². The number of amides is 2. The van der Waals surface area contributed by atoms with E-state index in [2.05, 4.69) is 12.6 Å². The standard InChI is InChI=1S/C27H26Cl2N2O3S/c1-3-11-30(27(33)19-5-4-6-20(28)15-19)16-26(32)31-12-9-25-22(10-13-35-25)24(31)17-34-21-7-8-23(29)18(2)14-21/h3-8,10,13-15,24H,1,9,11-12,16-17H2,2H3/t24-/m1/s1. The van der Waals surface area contributed by atoms with Gasteiger partial charge in [-0.05, 0) is 72.3 Å². The van der Waals surface area contributed by atoms with Gasteiger partial charge in [-0.25, -0.2) is 0 Å². The first-order chi connectivity index (χ1) is 16.9. The van der Waals surface area contributed by atoms with Crippen LogP contribution in [0.5, 0.6) is 5.75 Å². The van der Waals surface area contributed by atoms with Crippen LogP contribution in [0.4, 0.5) is 0 Å². The smallest absolute Gasteiger partial charge is 0.254 e. The fourth-order valence-corrected chi connectivity index (χ4v) is 5.43. The van der Waals surface area contributed by atoms with Crippen molar-refractivity contribution in [3.63, 3.8) is 0 Å². The third-order valence-electron chi connectivity index (χ3n) is 5.99. The minimum atomic E-state index is -0.265. The number of carbonyl (C=O) groups excluding carboxylic acids is 2. The molecule has 0 aliphatic carbocycles. The monoisotopic (exact) mass is 528 g/mol. The Morgan fingerprint density at radius 1 is 1.23 bits per heavy atom. The summed E-state index contributed by atoms with van der Waals surface area (Å²) in [6, 6.07) is 14.1. The van der Waals surface area contributed by atoms with E-state index in [1.807, 2.05) is 29.3 Å². The summed E-state index contributed by atoms with van der Waals surface area (Å²) in [5, 5.41) is 3.19. The van der Waals surface area contributed by atoms with Gasteiger partial charge in [0, 0.05) is 33.6 Å². The summed E-state index contributed by atoms with van der Waals surface area (Å²) >= 11 is 13.9. The highest BCUT2D eigenvalue weighted by Crippen LogP contribution is 2.34. The van der Waals surface area contributed by atoms with Crippen molar-refractivity contribution in [3.05, 3.63) is 98.2 Å². The van der Waals surface area contributed by atoms with E-state index in [1.165, 1.54) is 9.78 Å². The lowest BCUT2D eigenvalue weighted by molar-refractivity contribution is -0.135. The Morgan fingerprint density at radius 3 is 2.80 bits per heavy atom. The van der Waals surface area contributed by atoms with Crippen molar-refractivity contribution in [2.45, 2.75) is 19.4 Å². The average molecular weight is 529 g/mol. The SMILES string of the molecule is C=CCN(CC(=O)N1CCc2sccc2[C@H]1COc1ccc(Cl)c(C)c1)C(=O)c1cccc(Cl)c1. The summed E-state index contributed by atoms with van der Waals surface area (Å²) < 4.78 is 6.11. The number of carbonyl (C=O) groups is 2. The van der Waals surface area contributed by atoms with Crippen molar-refractivity contribution in [1.82, 2.24) is 9.80 Å². The molecule has 0 fully saturated rings. The average Bonchev–Trinajstić information content (AvgIpc) is 3.33. The van der Waals surface area contributed by atoms with Crippen LogP contribution in [0.15, 0.2) is 66.6 Å². The lowest BCUT2D eigenvalue weighted by Crippen LogP contribution is -2.47. The van der Waals surface area contributed by atoms with Gasteiger partial charge >= 0.3 is 0 Å². The fourth-order valence-electron chi connectivity index (χ4n) is 4.19. The fraction of sp³-hybridized carbons (Fsp3) is 0.259. The minimum Gasteiger partial charge on any atom is -0.491 e. The van der Waals surface area contributed by atoms with Crippen LogP contribution < -0.4 is 4.74 Å². The molecule has 0 radical (unpaired) electrons. The molecule has 0 saturated carbocycles. The maximum absolute atomic E-state index is 13.5. The summed E-state index contributed by atoms with van der Waals surface area (Å²) in [7, 11) is 0. The second-order valence-corrected chi connectivity index (χ2v) is 10.2. The van der Waals surface area contributed by atoms with Crippen LogP contribution >= 0.6 is 34.5 Å². The number of nitrogens with zero attached hydrogens (tertiary/aromatic N) is 2. The number of thiophene rings is 1. The molecule has 2 aromatic carbocycles. The third kappa shape index (κ3) is 5.89. The van der Waals surface area contributed by atoms with E-state index in [1.54, 1.807) is 47.7 Å². The molecule has 1 aromatic heterocycles. The van der Waals surface area contributed by atoms with Crippen molar-refractivity contribution in [1.29, 1.82) is 0 Å². The molecule has 1 aliphatic heterocycles. The number of benzene rings is 2. The molecule has 4 rings (SSSR count). The van der Waals surface area contributed by atoms with E-state index in [9.17, 15) is 9.59 Å². The predicted octanol–water partition coefficient (Wildman–Crippen LogP) is 6.20. The van der Waals surface area contributed by atoms with Gasteiger partial charge in [-0.1, -0.05) is 35.3 Å². The van der Waals surface area contributed by atoms with Crippen LogP contribution in [0, 0.1) is 6.92 Å². The molecule has 3 aromatic rings. The molecule has 1 aliphatic rings. The van der Waals surface area contributed by atoms with E-state index >= 15 is 0 Å². The molecule has 0 saturated heterocycles. The Labute approximate surface area is 219 Å². The highest BCUT2D eigenvalue weighted by molar-refractivity contribution is 7.10. The van der Waals surface area contributed by atoms with E-state index in [0.29, 0.717) is 34.5 Å². The second kappa shape index (κ2) is 11.3. The van der Waals surface area contributed by atoms with Gasteiger partial charge in [0.15, 0.2) is 0 Å². The summed E-state index contributed by atoms with van der Waals surface area (Å²) in [5.41, 5.74) is 2.46. The number of halogens is 2.